The van der Waals surface area contributed by atoms with Gasteiger partial charge in [0.1, 0.15) is 49.4 Å². The predicted molar refractivity (Wildman–Crippen MR) is 334 cm³/mol. The third-order valence-corrected chi connectivity index (χ3v) is 15.6. The average molecular weight is 1080 g/mol. The predicted octanol–water partition coefficient (Wildman–Crippen LogP) is 14.2. The lowest BCUT2D eigenvalue weighted by atomic mass is 10.0. The fourth-order valence-corrected chi connectivity index (χ4v) is 10.6. The Morgan fingerprint density at radius 2 is 0.487 bits per heavy atom. The molecule has 5 heterocycles. The van der Waals surface area contributed by atoms with E-state index in [0.717, 1.165) is 191 Å². The molecule has 3 aromatic heterocycles. The Kier molecular flexibility index (Phi) is 20.1. The van der Waals surface area contributed by atoms with Crippen LogP contribution in [-0.2, 0) is 0 Å². The Morgan fingerprint density at radius 3 is 0.675 bits per heavy atom. The van der Waals surface area contributed by atoms with Gasteiger partial charge < -0.3 is 48.5 Å². The number of nitrogens with one attached hydrogen (secondary N) is 2. The molecule has 4 aromatic carbocycles. The van der Waals surface area contributed by atoms with Gasteiger partial charge in [-0.15, -0.1) is 0 Å². The zero-order valence-corrected chi connectivity index (χ0v) is 48.5. The average Bonchev–Trinajstić information content (AvgIpc) is 4.40. The van der Waals surface area contributed by atoms with Crippen molar-refractivity contribution in [3.05, 3.63) is 144 Å². The highest BCUT2D eigenvalue weighted by molar-refractivity contribution is 6.00. The summed E-state index contributed by atoms with van der Waals surface area (Å²) in [7, 11) is 0. The molecule has 2 N–H and O–H groups in total. The van der Waals surface area contributed by atoms with Gasteiger partial charge in [0.25, 0.3) is 0 Å². The third-order valence-electron chi connectivity index (χ3n) is 15.6. The smallest absolute Gasteiger partial charge is 0.119 e. The van der Waals surface area contributed by atoms with Crippen LogP contribution < -0.4 is 18.9 Å². The van der Waals surface area contributed by atoms with Crippen LogP contribution in [0.3, 0.4) is 0 Å². The van der Waals surface area contributed by atoms with Gasteiger partial charge in [-0.1, -0.05) is 104 Å². The van der Waals surface area contributed by atoms with Gasteiger partial charge in [0, 0.05) is 70.5 Å². The van der Waals surface area contributed by atoms with Gasteiger partial charge >= 0.3 is 0 Å². The Bertz CT molecular complexity index is 2890. The summed E-state index contributed by atoms with van der Waals surface area (Å²) in [5, 5.41) is 0. The van der Waals surface area contributed by atoms with E-state index in [1.54, 1.807) is 0 Å². The fourth-order valence-electron chi connectivity index (χ4n) is 10.6. The number of H-pyrrole nitrogens is 2. The molecule has 0 spiro atoms. The largest absolute Gasteiger partial charge is 0.492 e. The molecule has 2 aliphatic rings. The van der Waals surface area contributed by atoms with Crippen LogP contribution in [-0.4, -0.2) is 145 Å². The molecule has 12 heteroatoms. The van der Waals surface area contributed by atoms with E-state index in [9.17, 15) is 0 Å². The Hall–Kier alpha value is -7.48. The van der Waals surface area contributed by atoms with Crippen LogP contribution in [0.2, 0.25) is 0 Å². The molecule has 0 amide bonds. The molecule has 418 valence electrons. The number of nitrogens with zero attached hydrogens (tertiary/aromatic N) is 6. The van der Waals surface area contributed by atoms with Gasteiger partial charge in [-0.25, -0.2) is 9.97 Å². The van der Waals surface area contributed by atoms with Gasteiger partial charge in [-0.3, -0.25) is 0 Å². The number of fused-ring (bicyclic) bond motifs is 8. The minimum atomic E-state index is 0.616. The molecular formula is C68H82N8O4. The Morgan fingerprint density at radius 1 is 0.287 bits per heavy atom. The molecule has 80 heavy (non-hydrogen) atoms. The number of hydrogen-bond acceptors (Lipinski definition) is 10. The van der Waals surface area contributed by atoms with Crippen molar-refractivity contribution in [1.29, 1.82) is 0 Å². The van der Waals surface area contributed by atoms with Crippen LogP contribution in [0.15, 0.2) is 121 Å². The van der Waals surface area contributed by atoms with E-state index < -0.39 is 0 Å². The lowest BCUT2D eigenvalue weighted by molar-refractivity contribution is 0.223. The number of hydrogen-bond donors (Lipinski definition) is 2. The van der Waals surface area contributed by atoms with Crippen LogP contribution in [0.25, 0.3) is 90.9 Å². The lowest BCUT2D eigenvalue weighted by Crippen LogP contribution is -2.27. The minimum Gasteiger partial charge on any atom is -0.492 e. The molecule has 0 fully saturated rings. The van der Waals surface area contributed by atoms with Crippen molar-refractivity contribution in [3.8, 4) is 67.5 Å². The first-order chi connectivity index (χ1) is 39.3. The summed E-state index contributed by atoms with van der Waals surface area (Å²) < 4.78 is 25.2. The van der Waals surface area contributed by atoms with E-state index in [2.05, 4.69) is 231 Å². The van der Waals surface area contributed by atoms with E-state index in [0.29, 0.717) is 26.4 Å². The van der Waals surface area contributed by atoms with Crippen LogP contribution in [0.5, 0.6) is 23.0 Å². The summed E-state index contributed by atoms with van der Waals surface area (Å²) >= 11 is 0. The summed E-state index contributed by atoms with van der Waals surface area (Å²) in [6.45, 7) is 31.4. The number of likely N-dealkylation sites (N-methyl/N-ethyl adjacent to an activating group) is 4. The molecule has 0 atom stereocenters. The van der Waals surface area contributed by atoms with E-state index in [1.807, 2.05) is 0 Å². The maximum Gasteiger partial charge on any atom is 0.119 e. The van der Waals surface area contributed by atoms with Crippen molar-refractivity contribution in [2.75, 3.05) is 105 Å². The molecule has 0 saturated carbocycles. The highest BCUT2D eigenvalue weighted by Gasteiger charge is 2.20. The van der Waals surface area contributed by atoms with Crippen molar-refractivity contribution in [2.45, 2.75) is 55.4 Å². The third kappa shape index (κ3) is 13.9. The molecule has 0 saturated heterocycles. The number of aromatic nitrogens is 4. The first-order valence-corrected chi connectivity index (χ1v) is 29.2. The normalized spacial score (nSPS) is 12.2. The first kappa shape index (κ1) is 57.2. The second-order valence-electron chi connectivity index (χ2n) is 20.1. The van der Waals surface area contributed by atoms with Gasteiger partial charge in [0.05, 0.1) is 22.8 Å². The summed E-state index contributed by atoms with van der Waals surface area (Å²) in [4.78, 5) is 28.5. The zero-order valence-electron chi connectivity index (χ0n) is 48.5. The van der Waals surface area contributed by atoms with E-state index >= 15 is 0 Å². The van der Waals surface area contributed by atoms with E-state index in [4.69, 9.17) is 28.9 Å². The highest BCUT2D eigenvalue weighted by atomic mass is 16.5. The Labute approximate surface area is 474 Å². The molecule has 0 radical (unpaired) electrons. The SMILES string of the molecule is CCN(CC)CCOc1ccc(-c2c3nc(c(-c4ccc(OCCN(CC)CC)cc4)c4ccc([nH]4)c(-c4ccc(OCCN(CC)CC)cc4)c4nc(c(-c5ccc(OCCN(CC)CC)cc5)c5ccc2[nH]5)C=C4)C=C3)cc1. The highest BCUT2D eigenvalue weighted by Crippen LogP contribution is 2.39. The summed E-state index contributed by atoms with van der Waals surface area (Å²) in [5.41, 5.74) is 15.0. The van der Waals surface area contributed by atoms with Crippen LogP contribution in [0.1, 0.15) is 78.2 Å². The lowest BCUT2D eigenvalue weighted by Gasteiger charge is -2.18. The van der Waals surface area contributed by atoms with Crippen molar-refractivity contribution in [3.63, 3.8) is 0 Å². The quantitative estimate of drug-likeness (QED) is 0.0492. The number of ether oxygens (including phenoxy) is 4. The second-order valence-corrected chi connectivity index (χ2v) is 20.1. The summed E-state index contributed by atoms with van der Waals surface area (Å²) in [5.74, 6) is 3.32. The molecule has 7 aromatic rings. The number of aromatic amines is 2. The molecule has 12 nitrogen and oxygen atoms in total. The maximum atomic E-state index is 6.30. The standard InChI is InChI=1S/C68H82N8O4/c1-9-73(10-2)41-45-77-53-25-17-49(18-26-53)65-57-33-35-59(69-57)66(50-19-27-54(28-20-50)78-46-42-74(11-3)12-4)61-37-39-63(71-61)68(52-23-31-56(32-24-52)80-48-44-76(15-7)16-8)64-40-38-62(72-64)67(60-36-34-58(65)70-60)51-21-29-55(30-22-51)79-47-43-75(13-5)14-6/h17-40,69,72H,9-16,41-48H2,1-8H3. The zero-order chi connectivity index (χ0) is 55.8. The van der Waals surface area contributed by atoms with Crippen LogP contribution in [0.4, 0.5) is 0 Å². The van der Waals surface area contributed by atoms with Crippen molar-refractivity contribution in [2.24, 2.45) is 0 Å². The van der Waals surface area contributed by atoms with Crippen LogP contribution >= 0.6 is 0 Å². The van der Waals surface area contributed by atoms with Gasteiger partial charge in [0.15, 0.2) is 0 Å². The topological polar surface area (TPSA) is 107 Å². The van der Waals surface area contributed by atoms with Crippen molar-refractivity contribution < 1.29 is 18.9 Å². The minimum absolute atomic E-state index is 0.616. The molecule has 9 rings (SSSR count). The number of benzene rings is 4. The van der Waals surface area contributed by atoms with Crippen molar-refractivity contribution in [1.82, 2.24) is 39.5 Å². The van der Waals surface area contributed by atoms with Crippen LogP contribution in [0, 0.1) is 0 Å². The Balaban J connectivity index is 1.24. The maximum absolute atomic E-state index is 6.30. The van der Waals surface area contributed by atoms with Crippen molar-refractivity contribution >= 4 is 46.4 Å². The monoisotopic (exact) mass is 1070 g/mol. The summed E-state index contributed by atoms with van der Waals surface area (Å²) in [6.07, 6.45) is 8.57. The second kappa shape index (κ2) is 28.1. The van der Waals surface area contributed by atoms with Gasteiger partial charge in [-0.05, 0) is 172 Å². The number of rotatable bonds is 28. The van der Waals surface area contributed by atoms with Gasteiger partial charge in [-0.2, -0.15) is 0 Å². The molecule has 2 aliphatic heterocycles. The van der Waals surface area contributed by atoms with E-state index in [-0.39, 0.29) is 0 Å². The molecule has 8 bridgehead atoms. The summed E-state index contributed by atoms with van der Waals surface area (Å²) in [6, 6.07) is 42.4. The fraction of sp³-hybridized carbons (Fsp3) is 0.353. The molecule has 0 aliphatic carbocycles. The van der Waals surface area contributed by atoms with Gasteiger partial charge in [0.2, 0.25) is 0 Å². The molecule has 0 unspecified atom stereocenters. The van der Waals surface area contributed by atoms with E-state index in [1.165, 1.54) is 0 Å². The molecular weight excluding hydrogens is 993 g/mol. The first-order valence-electron chi connectivity index (χ1n) is 29.2.